The second-order valence-electron chi connectivity index (χ2n) is 2.11. The Bertz CT molecular complexity index is 99.8. The Morgan fingerprint density at radius 3 is 2.36 bits per heavy atom. The molecule has 0 saturated carbocycles. The van der Waals surface area contributed by atoms with Gasteiger partial charge in [0.2, 0.25) is 0 Å². The van der Waals surface area contributed by atoms with Crippen molar-refractivity contribution in [2.24, 2.45) is 5.73 Å². The molecule has 0 aromatic heterocycles. The maximum absolute atomic E-state index is 10.5. The molecule has 1 radical (unpaired) electrons. The average Bonchev–Trinajstić information content (AvgIpc) is 1.82. The van der Waals surface area contributed by atoms with Gasteiger partial charge in [0.15, 0.2) is 0 Å². The number of nitrogens with one attached hydrogen (secondary N) is 1. The summed E-state index contributed by atoms with van der Waals surface area (Å²) in [6.07, 6.45) is 1.37. The predicted octanol–water partition coefficient (Wildman–Crippen LogP) is 1.45. The fourth-order valence-corrected chi connectivity index (χ4v) is 0.525. The minimum atomic E-state index is -0.338. The molecule has 5 heteroatoms. The predicted molar refractivity (Wildman–Crippen MR) is 42.4 cm³/mol. The molecule has 0 aliphatic heterocycles. The molecule has 11 heavy (non-hydrogen) atoms. The van der Waals surface area contributed by atoms with Gasteiger partial charge in [-0.25, -0.2) is 0 Å². The van der Waals surface area contributed by atoms with E-state index in [1.54, 1.807) is 0 Å². The van der Waals surface area contributed by atoms with Crippen molar-refractivity contribution in [1.29, 1.82) is 0 Å². The molecule has 0 aliphatic carbocycles. The monoisotopic (exact) mass is 234 g/mol. The zero-order chi connectivity index (χ0) is 7.28. The third-order valence-corrected chi connectivity index (χ3v) is 1.21. The van der Waals surface area contributed by atoms with Crippen LogP contribution in [0.5, 0.6) is 0 Å². The van der Waals surface area contributed by atoms with Gasteiger partial charge >= 0.3 is 0 Å². The van der Waals surface area contributed by atoms with Gasteiger partial charge in [0.25, 0.3) is 0 Å². The molecule has 0 fully saturated rings. The molecule has 0 aromatic rings. The Kier molecular flexibility index (Phi) is 17.1. The first-order valence-electron chi connectivity index (χ1n) is 3.09. The Hall–Kier alpha value is 0.654. The van der Waals surface area contributed by atoms with Crippen molar-refractivity contribution in [3.8, 4) is 0 Å². The molecular formula is C6H15N3OY-2. The van der Waals surface area contributed by atoms with Crippen molar-refractivity contribution in [2.45, 2.75) is 25.8 Å². The van der Waals surface area contributed by atoms with E-state index in [0.29, 0.717) is 13.0 Å². The standard InChI is InChI=1S/C6H13N2O.H2N.Y/c1-5(9)6(8)3-2-4-7;;/h6-7H,2-4,8H2,1H3;1H2;/q2*-1;. The summed E-state index contributed by atoms with van der Waals surface area (Å²) in [4.78, 5) is 10.5. The topological polar surface area (TPSA) is 100 Å². The summed E-state index contributed by atoms with van der Waals surface area (Å²) < 4.78 is 0. The number of nitrogens with two attached hydrogens (primary N) is 2. The number of carbonyl (C=O) groups is 1. The molecule has 1 atom stereocenters. The van der Waals surface area contributed by atoms with Crippen molar-refractivity contribution in [3.63, 3.8) is 0 Å². The first-order valence-corrected chi connectivity index (χ1v) is 3.09. The van der Waals surface area contributed by atoms with E-state index in [2.05, 4.69) is 0 Å². The molecule has 0 saturated heterocycles. The average molecular weight is 234 g/mol. The molecule has 1 unspecified atom stereocenters. The van der Waals surface area contributed by atoms with E-state index in [0.717, 1.165) is 6.42 Å². The normalized spacial score (nSPS) is 10.8. The van der Waals surface area contributed by atoms with Crippen LogP contribution in [0.1, 0.15) is 19.8 Å². The molecular weight excluding hydrogens is 219 g/mol. The second kappa shape index (κ2) is 10.7. The van der Waals surface area contributed by atoms with Crippen LogP contribution in [0.15, 0.2) is 0 Å². The Balaban J connectivity index is -0.000000320. The van der Waals surface area contributed by atoms with Crippen LogP contribution in [-0.2, 0) is 37.5 Å². The molecule has 0 amide bonds. The van der Waals surface area contributed by atoms with Gasteiger partial charge in [0.05, 0.1) is 6.04 Å². The first kappa shape index (κ1) is 17.7. The van der Waals surface area contributed by atoms with Crippen LogP contribution >= 0.6 is 0 Å². The van der Waals surface area contributed by atoms with Crippen molar-refractivity contribution in [1.82, 2.24) is 0 Å². The van der Waals surface area contributed by atoms with E-state index in [4.69, 9.17) is 11.5 Å². The van der Waals surface area contributed by atoms with Crippen molar-refractivity contribution in [3.05, 3.63) is 11.9 Å². The number of hydrogen-bond acceptors (Lipinski definition) is 2. The van der Waals surface area contributed by atoms with Crippen LogP contribution in [0.3, 0.4) is 0 Å². The fourth-order valence-electron chi connectivity index (χ4n) is 0.525. The van der Waals surface area contributed by atoms with Gasteiger partial charge in [0, 0.05) is 32.7 Å². The number of ketones is 1. The van der Waals surface area contributed by atoms with E-state index in [1.807, 2.05) is 0 Å². The second-order valence-corrected chi connectivity index (χ2v) is 2.11. The van der Waals surface area contributed by atoms with E-state index in [9.17, 15) is 4.79 Å². The van der Waals surface area contributed by atoms with E-state index in [-0.39, 0.29) is 50.7 Å². The third-order valence-electron chi connectivity index (χ3n) is 1.21. The van der Waals surface area contributed by atoms with Gasteiger partial charge < -0.3 is 17.6 Å². The summed E-state index contributed by atoms with van der Waals surface area (Å²) in [6, 6.07) is -0.338. The van der Waals surface area contributed by atoms with Crippen LogP contribution in [0.2, 0.25) is 0 Å². The van der Waals surface area contributed by atoms with Crippen molar-refractivity contribution in [2.75, 3.05) is 6.54 Å². The summed E-state index contributed by atoms with van der Waals surface area (Å²) in [5, 5.41) is 0. The Labute approximate surface area is 92.9 Å². The number of carbonyl (C=O) groups excluding carboxylic acids is 1. The quantitative estimate of drug-likeness (QED) is 0.795. The molecule has 0 rings (SSSR count). The van der Waals surface area contributed by atoms with Crippen LogP contribution < -0.4 is 5.73 Å². The van der Waals surface area contributed by atoms with Gasteiger partial charge in [-0.05, 0) is 13.3 Å². The largest absolute Gasteiger partial charge is 0.693 e. The van der Waals surface area contributed by atoms with Gasteiger partial charge in [0.1, 0.15) is 5.78 Å². The van der Waals surface area contributed by atoms with Gasteiger partial charge in [-0.2, -0.15) is 6.54 Å². The van der Waals surface area contributed by atoms with Crippen molar-refractivity contribution < 1.29 is 37.5 Å². The Morgan fingerprint density at radius 1 is 1.64 bits per heavy atom. The maximum Gasteiger partial charge on any atom is 0.146 e. The molecule has 0 bridgehead atoms. The smallest absolute Gasteiger partial charge is 0.146 e. The summed E-state index contributed by atoms with van der Waals surface area (Å²) in [5.41, 5.74) is 12.1. The van der Waals surface area contributed by atoms with Crippen LogP contribution in [0.4, 0.5) is 0 Å². The molecule has 65 valence electrons. The minimum Gasteiger partial charge on any atom is -0.693 e. The first-order chi connectivity index (χ1) is 4.18. The molecule has 5 N–H and O–H groups in total. The van der Waals surface area contributed by atoms with Gasteiger partial charge in [-0.3, -0.25) is 4.79 Å². The molecule has 0 heterocycles. The van der Waals surface area contributed by atoms with Crippen LogP contribution in [0.25, 0.3) is 11.9 Å². The zero-order valence-corrected chi connectivity index (χ0v) is 9.68. The van der Waals surface area contributed by atoms with E-state index < -0.39 is 0 Å². The van der Waals surface area contributed by atoms with Crippen molar-refractivity contribution >= 4 is 5.78 Å². The van der Waals surface area contributed by atoms with Gasteiger partial charge in [-0.1, -0.05) is 6.42 Å². The summed E-state index contributed by atoms with van der Waals surface area (Å²) in [5.74, 6) is 0.0171. The molecule has 0 aliphatic rings. The number of rotatable bonds is 4. The minimum absolute atomic E-state index is 0. The molecule has 0 aromatic carbocycles. The van der Waals surface area contributed by atoms with Crippen LogP contribution in [-0.4, -0.2) is 18.4 Å². The van der Waals surface area contributed by atoms with E-state index >= 15 is 0 Å². The molecule has 4 nitrogen and oxygen atoms in total. The van der Waals surface area contributed by atoms with Gasteiger partial charge in [-0.15, -0.1) is 0 Å². The summed E-state index contributed by atoms with van der Waals surface area (Å²) >= 11 is 0. The number of hydrogen-bond donors (Lipinski definition) is 1. The summed E-state index contributed by atoms with van der Waals surface area (Å²) in [7, 11) is 0. The zero-order valence-electron chi connectivity index (χ0n) is 6.84. The Morgan fingerprint density at radius 2 is 2.09 bits per heavy atom. The van der Waals surface area contributed by atoms with Crippen LogP contribution in [0, 0.1) is 0 Å². The maximum atomic E-state index is 10.5. The summed E-state index contributed by atoms with van der Waals surface area (Å²) in [6.45, 7) is 1.84. The number of Topliss-reactive ketones (excluding diaryl/α,β-unsaturated/α-hetero) is 1. The third kappa shape index (κ3) is 10.7. The fraction of sp³-hybridized carbons (Fsp3) is 0.833. The van der Waals surface area contributed by atoms with E-state index in [1.165, 1.54) is 6.92 Å². The SMILES string of the molecule is CC(=O)C(N)CCC[NH-].[NH2-].[Y]. The molecule has 0 spiro atoms.